The lowest BCUT2D eigenvalue weighted by Gasteiger charge is -2.38. The van der Waals surface area contributed by atoms with Crippen molar-refractivity contribution < 1.29 is 9.59 Å². The van der Waals surface area contributed by atoms with Crippen LogP contribution in [-0.2, 0) is 16.6 Å². The quantitative estimate of drug-likeness (QED) is 0.858. The SMILES string of the molecule is C=C1NC2=C(C(=O)CCC2)C(c2cnn(C)c2)C1C(=O)Nc1ccc(C)cn1. The predicted molar refractivity (Wildman–Crippen MR) is 105 cm³/mol. The Labute approximate surface area is 163 Å². The van der Waals surface area contributed by atoms with Gasteiger partial charge in [0.15, 0.2) is 5.78 Å². The normalized spacial score (nSPS) is 21.9. The molecule has 4 rings (SSSR count). The van der Waals surface area contributed by atoms with E-state index in [2.05, 4.69) is 27.3 Å². The van der Waals surface area contributed by atoms with E-state index in [0.717, 1.165) is 29.7 Å². The third-order valence-corrected chi connectivity index (χ3v) is 5.32. The first kappa shape index (κ1) is 18.2. The highest BCUT2D eigenvalue weighted by molar-refractivity contribution is 6.02. The minimum atomic E-state index is -0.631. The molecule has 0 aromatic carbocycles. The number of hydrogen-bond acceptors (Lipinski definition) is 5. The van der Waals surface area contributed by atoms with E-state index in [1.165, 1.54) is 0 Å². The van der Waals surface area contributed by atoms with Gasteiger partial charge < -0.3 is 10.6 Å². The fourth-order valence-electron chi connectivity index (χ4n) is 4.01. The molecule has 7 nitrogen and oxygen atoms in total. The maximum absolute atomic E-state index is 13.2. The molecule has 0 spiro atoms. The summed E-state index contributed by atoms with van der Waals surface area (Å²) in [6.07, 6.45) is 7.37. The number of aromatic nitrogens is 3. The van der Waals surface area contributed by atoms with Gasteiger partial charge in [-0.1, -0.05) is 12.6 Å². The lowest BCUT2D eigenvalue weighted by molar-refractivity contribution is -0.120. The number of ketones is 1. The predicted octanol–water partition coefficient (Wildman–Crippen LogP) is 2.59. The first-order chi connectivity index (χ1) is 13.4. The number of allylic oxidation sites excluding steroid dienone is 2. The fourth-order valence-corrected chi connectivity index (χ4v) is 4.01. The van der Waals surface area contributed by atoms with Gasteiger partial charge in [0.05, 0.1) is 12.1 Å². The third kappa shape index (κ3) is 3.24. The molecule has 2 N–H and O–H groups in total. The summed E-state index contributed by atoms with van der Waals surface area (Å²) in [5.74, 6) is -0.721. The zero-order valence-electron chi connectivity index (χ0n) is 16.0. The summed E-state index contributed by atoms with van der Waals surface area (Å²) in [5.41, 5.74) is 4.01. The molecule has 3 heterocycles. The lowest BCUT2D eigenvalue weighted by atomic mass is 9.72. The summed E-state index contributed by atoms with van der Waals surface area (Å²) >= 11 is 0. The molecule has 2 aromatic rings. The Bertz CT molecular complexity index is 986. The highest BCUT2D eigenvalue weighted by Crippen LogP contribution is 2.44. The molecular weight excluding hydrogens is 354 g/mol. The summed E-state index contributed by atoms with van der Waals surface area (Å²) in [4.78, 5) is 30.3. The Morgan fingerprint density at radius 3 is 2.82 bits per heavy atom. The topological polar surface area (TPSA) is 88.9 Å². The molecule has 0 radical (unpaired) electrons. The second-order valence-electron chi connectivity index (χ2n) is 7.43. The summed E-state index contributed by atoms with van der Waals surface area (Å²) in [6.45, 7) is 6.04. The van der Waals surface area contributed by atoms with Crippen LogP contribution >= 0.6 is 0 Å². The van der Waals surface area contributed by atoms with E-state index >= 15 is 0 Å². The van der Waals surface area contributed by atoms with Crippen LogP contribution in [0.2, 0.25) is 0 Å². The van der Waals surface area contributed by atoms with Crippen LogP contribution in [0.15, 0.2) is 54.3 Å². The number of hydrogen-bond donors (Lipinski definition) is 2. The Morgan fingerprint density at radius 2 is 2.14 bits per heavy atom. The van der Waals surface area contributed by atoms with Gasteiger partial charge in [0.25, 0.3) is 0 Å². The van der Waals surface area contributed by atoms with Crippen LogP contribution in [0.3, 0.4) is 0 Å². The molecule has 0 saturated heterocycles. The monoisotopic (exact) mass is 377 g/mol. The van der Waals surface area contributed by atoms with Gasteiger partial charge in [-0.25, -0.2) is 4.98 Å². The van der Waals surface area contributed by atoms with Crippen molar-refractivity contribution in [2.75, 3.05) is 5.32 Å². The van der Waals surface area contributed by atoms with Crippen LogP contribution < -0.4 is 10.6 Å². The zero-order chi connectivity index (χ0) is 19.8. The molecule has 1 amide bonds. The van der Waals surface area contributed by atoms with Crippen LogP contribution in [0, 0.1) is 12.8 Å². The van der Waals surface area contributed by atoms with E-state index in [1.54, 1.807) is 23.1 Å². The number of aryl methyl sites for hydroxylation is 2. The molecule has 2 aromatic heterocycles. The number of pyridine rings is 1. The molecule has 144 valence electrons. The second kappa shape index (κ2) is 7.07. The number of carbonyl (C=O) groups is 2. The fraction of sp³-hybridized carbons (Fsp3) is 0.333. The van der Waals surface area contributed by atoms with Crippen LogP contribution in [0.5, 0.6) is 0 Å². The molecule has 2 unspecified atom stereocenters. The van der Waals surface area contributed by atoms with E-state index in [1.807, 2.05) is 26.2 Å². The van der Waals surface area contributed by atoms with Crippen LogP contribution in [0.25, 0.3) is 0 Å². The number of Topliss-reactive ketones (excluding diaryl/α,β-unsaturated/α-hetero) is 1. The standard InChI is InChI=1S/C21H23N5O2/c1-12-7-8-17(22-9-12)25-21(28)18-13(2)24-15-5-4-6-16(27)20(15)19(18)14-10-23-26(3)11-14/h7-11,18-19,24H,2,4-6H2,1,3H3,(H,22,25,28). The summed E-state index contributed by atoms with van der Waals surface area (Å²) in [6, 6.07) is 3.65. The smallest absolute Gasteiger partial charge is 0.235 e. The highest BCUT2D eigenvalue weighted by Gasteiger charge is 2.43. The Balaban J connectivity index is 1.74. The number of nitrogens with zero attached hydrogens (tertiary/aromatic N) is 3. The summed E-state index contributed by atoms with van der Waals surface area (Å²) in [7, 11) is 1.82. The van der Waals surface area contributed by atoms with E-state index < -0.39 is 11.8 Å². The zero-order valence-corrected chi connectivity index (χ0v) is 16.0. The number of amides is 1. The van der Waals surface area contributed by atoms with Gasteiger partial charge in [0.2, 0.25) is 5.91 Å². The highest BCUT2D eigenvalue weighted by atomic mass is 16.2. The molecule has 2 atom stereocenters. The lowest BCUT2D eigenvalue weighted by Crippen LogP contribution is -2.42. The van der Waals surface area contributed by atoms with Gasteiger partial charge in [-0.3, -0.25) is 14.3 Å². The van der Waals surface area contributed by atoms with Crippen LogP contribution in [-0.4, -0.2) is 26.5 Å². The molecule has 0 bridgehead atoms. The number of carbonyl (C=O) groups excluding carboxylic acids is 2. The molecular formula is C21H23N5O2. The second-order valence-corrected chi connectivity index (χ2v) is 7.43. The van der Waals surface area contributed by atoms with Crippen LogP contribution in [0.4, 0.5) is 5.82 Å². The first-order valence-corrected chi connectivity index (χ1v) is 9.38. The van der Waals surface area contributed by atoms with Crippen molar-refractivity contribution in [1.29, 1.82) is 0 Å². The van der Waals surface area contributed by atoms with E-state index in [9.17, 15) is 9.59 Å². The van der Waals surface area contributed by atoms with Gasteiger partial charge in [-0.2, -0.15) is 5.10 Å². The minimum Gasteiger partial charge on any atom is -0.362 e. The molecule has 7 heteroatoms. The molecule has 1 aliphatic heterocycles. The molecule has 0 fully saturated rings. The van der Waals surface area contributed by atoms with E-state index in [-0.39, 0.29) is 11.7 Å². The summed E-state index contributed by atoms with van der Waals surface area (Å²) < 4.78 is 1.68. The molecule has 28 heavy (non-hydrogen) atoms. The van der Waals surface area contributed by atoms with Crippen molar-refractivity contribution in [3.63, 3.8) is 0 Å². The largest absolute Gasteiger partial charge is 0.362 e. The van der Waals surface area contributed by atoms with Gasteiger partial charge in [-0.15, -0.1) is 0 Å². The van der Waals surface area contributed by atoms with Crippen molar-refractivity contribution in [3.05, 3.63) is 65.4 Å². The Morgan fingerprint density at radius 1 is 1.32 bits per heavy atom. The van der Waals surface area contributed by atoms with Crippen molar-refractivity contribution in [2.45, 2.75) is 32.1 Å². The van der Waals surface area contributed by atoms with Gasteiger partial charge >= 0.3 is 0 Å². The van der Waals surface area contributed by atoms with Gasteiger partial charge in [0.1, 0.15) is 5.82 Å². The van der Waals surface area contributed by atoms with E-state index in [0.29, 0.717) is 23.5 Å². The number of anilines is 1. The third-order valence-electron chi connectivity index (χ3n) is 5.32. The van der Waals surface area contributed by atoms with Crippen molar-refractivity contribution >= 4 is 17.5 Å². The van der Waals surface area contributed by atoms with Gasteiger partial charge in [-0.05, 0) is 37.0 Å². The Kier molecular flexibility index (Phi) is 4.58. The maximum atomic E-state index is 13.2. The van der Waals surface area contributed by atoms with Crippen LogP contribution in [0.1, 0.15) is 36.3 Å². The van der Waals surface area contributed by atoms with E-state index in [4.69, 9.17) is 0 Å². The minimum absolute atomic E-state index is 0.0846. The van der Waals surface area contributed by atoms with Crippen molar-refractivity contribution in [3.8, 4) is 0 Å². The summed E-state index contributed by atoms with van der Waals surface area (Å²) in [5, 5.41) is 10.4. The Hall–Kier alpha value is -3.22. The molecule has 0 saturated carbocycles. The average Bonchev–Trinajstić information content (AvgIpc) is 3.08. The van der Waals surface area contributed by atoms with Crippen molar-refractivity contribution in [2.24, 2.45) is 13.0 Å². The average molecular weight is 377 g/mol. The molecule has 1 aliphatic carbocycles. The number of rotatable bonds is 3. The van der Waals surface area contributed by atoms with Crippen molar-refractivity contribution in [1.82, 2.24) is 20.1 Å². The maximum Gasteiger partial charge on any atom is 0.235 e. The van der Waals surface area contributed by atoms with Gasteiger partial charge in [0, 0.05) is 48.7 Å². The first-order valence-electron chi connectivity index (χ1n) is 9.38. The molecule has 2 aliphatic rings. The number of nitrogens with one attached hydrogen (secondary N) is 2.